The van der Waals surface area contributed by atoms with E-state index < -0.39 is 0 Å². The van der Waals surface area contributed by atoms with Crippen molar-refractivity contribution in [3.05, 3.63) is 35.9 Å². The second-order valence-electron chi connectivity index (χ2n) is 6.72. The number of allylic oxidation sites excluding steroid dienone is 2. The third-order valence-electron chi connectivity index (χ3n) is 3.41. The third kappa shape index (κ3) is 2.91. The summed E-state index contributed by atoms with van der Waals surface area (Å²) < 4.78 is 0. The maximum absolute atomic E-state index is 9.34. The highest BCUT2D eigenvalue weighted by Crippen LogP contribution is 2.47. The average Bonchev–Trinajstić information content (AvgIpc) is 2.13. The van der Waals surface area contributed by atoms with Crippen LogP contribution in [0.25, 0.3) is 5.57 Å². The molecule has 1 heteroatoms. The lowest BCUT2D eigenvalue weighted by molar-refractivity contribution is 0.229. The van der Waals surface area contributed by atoms with Crippen molar-refractivity contribution in [2.24, 2.45) is 10.8 Å². The summed E-state index contributed by atoms with van der Waals surface area (Å²) >= 11 is 0. The van der Waals surface area contributed by atoms with E-state index in [9.17, 15) is 5.11 Å². The summed E-state index contributed by atoms with van der Waals surface area (Å²) in [6.45, 7) is 9.27. The van der Waals surface area contributed by atoms with Crippen LogP contribution < -0.4 is 0 Å². The lowest BCUT2D eigenvalue weighted by Gasteiger charge is -2.39. The van der Waals surface area contributed by atoms with Crippen molar-refractivity contribution in [2.45, 2.75) is 40.5 Å². The molecule has 0 amide bonds. The predicted molar refractivity (Wildman–Crippen MR) is 72.9 cm³/mol. The Morgan fingerprint density at radius 2 is 1.59 bits per heavy atom. The van der Waals surface area contributed by atoms with Crippen molar-refractivity contribution in [1.82, 2.24) is 0 Å². The Morgan fingerprint density at radius 1 is 1.00 bits per heavy atom. The highest BCUT2D eigenvalue weighted by Gasteiger charge is 2.33. The van der Waals surface area contributed by atoms with Gasteiger partial charge in [-0.3, -0.25) is 0 Å². The van der Waals surface area contributed by atoms with Gasteiger partial charge in [0, 0.05) is 0 Å². The van der Waals surface area contributed by atoms with Crippen LogP contribution in [0.2, 0.25) is 0 Å². The maximum Gasteiger partial charge on any atom is 0.115 e. The zero-order valence-corrected chi connectivity index (χ0v) is 11.2. The van der Waals surface area contributed by atoms with E-state index in [2.05, 4.69) is 33.8 Å². The molecule has 0 saturated heterocycles. The van der Waals surface area contributed by atoms with Gasteiger partial charge in [0.15, 0.2) is 0 Å². The van der Waals surface area contributed by atoms with Crippen LogP contribution in [0.5, 0.6) is 5.75 Å². The quantitative estimate of drug-likeness (QED) is 0.746. The van der Waals surface area contributed by atoms with Gasteiger partial charge in [0.2, 0.25) is 0 Å². The highest BCUT2D eigenvalue weighted by molar-refractivity contribution is 5.68. The molecule has 1 nitrogen and oxygen atoms in total. The van der Waals surface area contributed by atoms with Gasteiger partial charge >= 0.3 is 0 Å². The molecule has 1 aromatic carbocycles. The Hall–Kier alpha value is -1.24. The summed E-state index contributed by atoms with van der Waals surface area (Å²) in [7, 11) is 0. The van der Waals surface area contributed by atoms with Crippen molar-refractivity contribution in [2.75, 3.05) is 0 Å². The van der Waals surface area contributed by atoms with Gasteiger partial charge in [0.05, 0.1) is 0 Å². The highest BCUT2D eigenvalue weighted by atomic mass is 16.3. The number of hydrogen-bond acceptors (Lipinski definition) is 1. The number of aromatic hydroxyl groups is 1. The number of benzene rings is 1. The minimum Gasteiger partial charge on any atom is -0.508 e. The van der Waals surface area contributed by atoms with E-state index in [0.717, 1.165) is 6.42 Å². The second-order valence-corrected chi connectivity index (χ2v) is 6.72. The lowest BCUT2D eigenvalue weighted by atomic mass is 9.66. The van der Waals surface area contributed by atoms with E-state index in [1.807, 2.05) is 12.1 Å². The topological polar surface area (TPSA) is 20.2 Å². The van der Waals surface area contributed by atoms with E-state index in [4.69, 9.17) is 0 Å². The van der Waals surface area contributed by atoms with Crippen LogP contribution in [0.1, 0.15) is 46.1 Å². The van der Waals surface area contributed by atoms with Gasteiger partial charge in [-0.15, -0.1) is 0 Å². The van der Waals surface area contributed by atoms with Gasteiger partial charge in [-0.05, 0) is 46.9 Å². The molecule has 1 aromatic rings. The van der Waals surface area contributed by atoms with Crippen molar-refractivity contribution in [3.8, 4) is 5.75 Å². The summed E-state index contributed by atoms with van der Waals surface area (Å²) in [4.78, 5) is 0. The number of phenols is 1. The largest absolute Gasteiger partial charge is 0.508 e. The predicted octanol–water partition coefficient (Wildman–Crippen LogP) is 4.62. The Bertz CT molecular complexity index is 435. The van der Waals surface area contributed by atoms with Crippen LogP contribution >= 0.6 is 0 Å². The van der Waals surface area contributed by atoms with Gasteiger partial charge < -0.3 is 5.11 Å². The number of rotatable bonds is 1. The van der Waals surface area contributed by atoms with E-state index in [0.29, 0.717) is 11.2 Å². The molecular weight excluding hydrogens is 208 g/mol. The summed E-state index contributed by atoms with van der Waals surface area (Å²) in [6, 6.07) is 7.56. The van der Waals surface area contributed by atoms with Gasteiger partial charge in [-0.2, -0.15) is 0 Å². The fourth-order valence-corrected chi connectivity index (χ4v) is 3.25. The Balaban J connectivity index is 2.38. The smallest absolute Gasteiger partial charge is 0.115 e. The molecule has 0 fully saturated rings. The van der Waals surface area contributed by atoms with Crippen LogP contribution in [0, 0.1) is 10.8 Å². The molecule has 0 aliphatic heterocycles. The van der Waals surface area contributed by atoms with Gasteiger partial charge in [-0.25, -0.2) is 0 Å². The minimum atomic E-state index is 0.259. The average molecular weight is 230 g/mol. The SMILES string of the molecule is CC1(C)C=C(c2ccc(O)cc2)CC(C)(C)C1. The molecule has 0 aromatic heterocycles. The zero-order valence-electron chi connectivity index (χ0n) is 11.2. The monoisotopic (exact) mass is 230 g/mol. The molecule has 0 spiro atoms. The van der Waals surface area contributed by atoms with E-state index >= 15 is 0 Å². The molecule has 0 unspecified atom stereocenters. The molecule has 0 saturated carbocycles. The molecule has 1 N–H and O–H groups in total. The van der Waals surface area contributed by atoms with Crippen molar-refractivity contribution in [3.63, 3.8) is 0 Å². The molecule has 0 bridgehead atoms. The van der Waals surface area contributed by atoms with Crippen molar-refractivity contribution < 1.29 is 5.11 Å². The van der Waals surface area contributed by atoms with Crippen LogP contribution in [-0.4, -0.2) is 5.11 Å². The van der Waals surface area contributed by atoms with E-state index in [1.54, 1.807) is 12.1 Å². The van der Waals surface area contributed by atoms with Crippen LogP contribution in [-0.2, 0) is 0 Å². The Labute approximate surface area is 104 Å². The maximum atomic E-state index is 9.34. The first-order chi connectivity index (χ1) is 7.77. The molecule has 0 radical (unpaired) electrons. The van der Waals surface area contributed by atoms with Gasteiger partial charge in [0.1, 0.15) is 5.75 Å². The molecule has 1 aliphatic rings. The van der Waals surface area contributed by atoms with Crippen molar-refractivity contribution in [1.29, 1.82) is 0 Å². The summed E-state index contributed by atoms with van der Waals surface area (Å²) in [5.41, 5.74) is 3.26. The fourth-order valence-electron chi connectivity index (χ4n) is 3.25. The van der Waals surface area contributed by atoms with E-state index in [-0.39, 0.29) is 5.41 Å². The van der Waals surface area contributed by atoms with Gasteiger partial charge in [0.25, 0.3) is 0 Å². The van der Waals surface area contributed by atoms with Crippen molar-refractivity contribution >= 4 is 5.57 Å². The molecule has 1 aliphatic carbocycles. The third-order valence-corrected chi connectivity index (χ3v) is 3.41. The first-order valence-corrected chi connectivity index (χ1v) is 6.29. The lowest BCUT2D eigenvalue weighted by Crippen LogP contribution is -2.26. The summed E-state index contributed by atoms with van der Waals surface area (Å²) in [5.74, 6) is 0.337. The van der Waals surface area contributed by atoms with Crippen LogP contribution in [0.4, 0.5) is 0 Å². The normalized spacial score (nSPS) is 22.0. The number of hydrogen-bond donors (Lipinski definition) is 1. The first kappa shape index (κ1) is 12.2. The summed E-state index contributed by atoms with van der Waals surface area (Å²) in [6.07, 6.45) is 4.73. The molecule has 0 heterocycles. The minimum absolute atomic E-state index is 0.259. The molecule has 0 atom stereocenters. The molecular formula is C16H22O. The Kier molecular flexibility index (Phi) is 2.81. The number of phenolic OH excluding ortho intramolecular Hbond substituents is 1. The van der Waals surface area contributed by atoms with Gasteiger partial charge in [-0.1, -0.05) is 45.9 Å². The Morgan fingerprint density at radius 3 is 2.12 bits per heavy atom. The zero-order chi connectivity index (χ0) is 12.7. The van der Waals surface area contributed by atoms with E-state index in [1.165, 1.54) is 17.6 Å². The standard InChI is InChI=1S/C16H22O/c1-15(2)9-13(10-16(3,4)11-15)12-5-7-14(17)8-6-12/h5-9,17H,10-11H2,1-4H3. The van der Waals surface area contributed by atoms with Crippen LogP contribution in [0.15, 0.2) is 30.3 Å². The summed E-state index contributed by atoms with van der Waals surface area (Å²) in [5, 5.41) is 9.34. The molecule has 2 rings (SSSR count). The van der Waals surface area contributed by atoms with Crippen LogP contribution in [0.3, 0.4) is 0 Å². The molecule has 17 heavy (non-hydrogen) atoms. The first-order valence-electron chi connectivity index (χ1n) is 6.29. The second kappa shape index (κ2) is 3.90. The fraction of sp³-hybridized carbons (Fsp3) is 0.500. The molecule has 92 valence electrons.